The third-order valence-corrected chi connectivity index (χ3v) is 1.69. The molecule has 1 N–H and O–H groups in total. The normalized spacial score (nSPS) is 9.92. The number of phenolic OH excluding ortho intramolecular Hbond substituents is 1. The van der Waals surface area contributed by atoms with E-state index >= 15 is 0 Å². The van der Waals surface area contributed by atoms with Crippen molar-refractivity contribution in [3.8, 4) is 5.75 Å². The quantitative estimate of drug-likeness (QED) is 0.687. The first kappa shape index (κ1) is 9.00. The molecule has 4 heteroatoms. The zero-order valence-corrected chi connectivity index (χ0v) is 7.02. The van der Waals surface area contributed by atoms with Crippen LogP contribution in [0, 0.1) is 5.82 Å². The fourth-order valence-electron chi connectivity index (χ4n) is 0.778. The lowest BCUT2D eigenvalue weighted by Gasteiger charge is -2.00. The van der Waals surface area contributed by atoms with E-state index in [-0.39, 0.29) is 16.4 Å². The Balaban J connectivity index is 3.31. The summed E-state index contributed by atoms with van der Waals surface area (Å²) < 4.78 is 12.7. The van der Waals surface area contributed by atoms with Crippen molar-refractivity contribution < 1.29 is 14.3 Å². The average molecular weight is 189 g/mol. The smallest absolute Gasteiger partial charge is 0.183 e. The number of hydrogen-bond donors (Lipinski definition) is 1. The van der Waals surface area contributed by atoms with Crippen LogP contribution in [0.2, 0.25) is 5.02 Å². The van der Waals surface area contributed by atoms with Crippen molar-refractivity contribution >= 4 is 17.4 Å². The molecule has 64 valence electrons. The Labute approximate surface area is 73.6 Å². The molecule has 1 aromatic carbocycles. The number of phenols is 1. The first-order chi connectivity index (χ1) is 5.52. The minimum atomic E-state index is -0.901. The summed E-state index contributed by atoms with van der Waals surface area (Å²) in [7, 11) is 0. The van der Waals surface area contributed by atoms with Crippen LogP contribution in [-0.4, -0.2) is 10.9 Å². The van der Waals surface area contributed by atoms with E-state index in [0.717, 1.165) is 6.07 Å². The molecule has 1 rings (SSSR count). The van der Waals surface area contributed by atoms with Gasteiger partial charge in [0.15, 0.2) is 17.3 Å². The van der Waals surface area contributed by atoms with Gasteiger partial charge in [-0.15, -0.1) is 0 Å². The monoisotopic (exact) mass is 188 g/mol. The Bertz CT molecular complexity index is 313. The molecule has 0 spiro atoms. The fraction of sp³-hybridized carbons (Fsp3) is 0.125. The first-order valence-electron chi connectivity index (χ1n) is 3.21. The van der Waals surface area contributed by atoms with Crippen molar-refractivity contribution in [2.45, 2.75) is 6.92 Å². The van der Waals surface area contributed by atoms with E-state index in [2.05, 4.69) is 0 Å². The van der Waals surface area contributed by atoms with Gasteiger partial charge in [0.25, 0.3) is 0 Å². The number of aromatic hydroxyl groups is 1. The maximum Gasteiger partial charge on any atom is 0.183 e. The molecule has 1 aromatic rings. The van der Waals surface area contributed by atoms with Crippen LogP contribution >= 0.6 is 11.6 Å². The molecule has 0 aliphatic rings. The fourth-order valence-corrected chi connectivity index (χ4v) is 0.992. The minimum absolute atomic E-state index is 0.193. The van der Waals surface area contributed by atoms with Crippen molar-refractivity contribution in [1.29, 1.82) is 0 Å². The van der Waals surface area contributed by atoms with Crippen molar-refractivity contribution in [1.82, 2.24) is 0 Å². The average Bonchev–Trinajstić information content (AvgIpc) is 1.99. The molecule has 0 aliphatic carbocycles. The third-order valence-electron chi connectivity index (χ3n) is 1.42. The van der Waals surface area contributed by atoms with Crippen molar-refractivity contribution in [3.63, 3.8) is 0 Å². The summed E-state index contributed by atoms with van der Waals surface area (Å²) in [5.74, 6) is -1.78. The molecule has 12 heavy (non-hydrogen) atoms. The van der Waals surface area contributed by atoms with Gasteiger partial charge in [0, 0.05) is 5.56 Å². The molecule has 0 aromatic heterocycles. The molecule has 0 heterocycles. The maximum absolute atomic E-state index is 12.7. The largest absolute Gasteiger partial charge is 0.505 e. The molecule has 2 nitrogen and oxygen atoms in total. The predicted octanol–water partition coefficient (Wildman–Crippen LogP) is 2.39. The molecule has 0 fully saturated rings. The lowest BCUT2D eigenvalue weighted by molar-refractivity contribution is 0.101. The van der Waals surface area contributed by atoms with Crippen LogP contribution in [0.5, 0.6) is 5.75 Å². The standard InChI is InChI=1S/C8H6ClFO2/c1-4(11)5-2-6(9)8(10)7(12)3-5/h2-3,12H,1H3. The second-order valence-corrected chi connectivity index (χ2v) is 2.75. The maximum atomic E-state index is 12.7. The Kier molecular flexibility index (Phi) is 2.33. The number of halogens is 2. The minimum Gasteiger partial charge on any atom is -0.505 e. The highest BCUT2D eigenvalue weighted by atomic mass is 35.5. The highest BCUT2D eigenvalue weighted by Gasteiger charge is 2.09. The molecule has 0 atom stereocenters. The summed E-state index contributed by atoms with van der Waals surface area (Å²) in [6, 6.07) is 2.22. The lowest BCUT2D eigenvalue weighted by Crippen LogP contribution is -1.92. The van der Waals surface area contributed by atoms with E-state index in [4.69, 9.17) is 16.7 Å². The Morgan fingerprint density at radius 2 is 2.17 bits per heavy atom. The molecule has 0 unspecified atom stereocenters. The highest BCUT2D eigenvalue weighted by molar-refractivity contribution is 6.31. The molecule has 0 bridgehead atoms. The van der Waals surface area contributed by atoms with Crippen molar-refractivity contribution in [2.24, 2.45) is 0 Å². The molecule has 0 aliphatic heterocycles. The zero-order chi connectivity index (χ0) is 9.30. The van der Waals surface area contributed by atoms with Gasteiger partial charge in [-0.2, -0.15) is 0 Å². The third kappa shape index (κ3) is 1.56. The van der Waals surface area contributed by atoms with Gasteiger partial charge in [0.1, 0.15) is 0 Å². The van der Waals surface area contributed by atoms with Crippen molar-refractivity contribution in [2.75, 3.05) is 0 Å². The zero-order valence-electron chi connectivity index (χ0n) is 6.27. The van der Waals surface area contributed by atoms with Gasteiger partial charge < -0.3 is 5.11 Å². The van der Waals surface area contributed by atoms with Crippen LogP contribution in [0.1, 0.15) is 17.3 Å². The van der Waals surface area contributed by atoms with Crippen LogP contribution < -0.4 is 0 Å². The van der Waals surface area contributed by atoms with E-state index in [0.29, 0.717) is 0 Å². The number of hydrogen-bond acceptors (Lipinski definition) is 2. The predicted molar refractivity (Wildman–Crippen MR) is 43.1 cm³/mol. The number of carbonyl (C=O) groups is 1. The molecule has 0 radical (unpaired) electrons. The van der Waals surface area contributed by atoms with Gasteiger partial charge in [0.05, 0.1) is 5.02 Å². The molecule has 0 saturated carbocycles. The van der Waals surface area contributed by atoms with Crippen LogP contribution in [-0.2, 0) is 0 Å². The van der Waals surface area contributed by atoms with E-state index in [1.165, 1.54) is 13.0 Å². The summed E-state index contributed by atoms with van der Waals surface area (Å²) in [6.45, 7) is 1.31. The summed E-state index contributed by atoms with van der Waals surface area (Å²) in [4.78, 5) is 10.8. The van der Waals surface area contributed by atoms with E-state index < -0.39 is 11.6 Å². The lowest BCUT2D eigenvalue weighted by atomic mass is 10.1. The first-order valence-corrected chi connectivity index (χ1v) is 3.59. The number of rotatable bonds is 1. The second kappa shape index (κ2) is 3.11. The SMILES string of the molecule is CC(=O)c1cc(O)c(F)c(Cl)c1. The number of ketones is 1. The highest BCUT2D eigenvalue weighted by Crippen LogP contribution is 2.25. The Hall–Kier alpha value is -1.09. The number of carbonyl (C=O) groups excluding carboxylic acids is 1. The van der Waals surface area contributed by atoms with Crippen LogP contribution in [0.15, 0.2) is 12.1 Å². The molecular weight excluding hydrogens is 183 g/mol. The van der Waals surface area contributed by atoms with Gasteiger partial charge in [-0.1, -0.05) is 11.6 Å². The molecule has 0 amide bonds. The van der Waals surface area contributed by atoms with Gasteiger partial charge in [-0.3, -0.25) is 4.79 Å². The number of benzene rings is 1. The Morgan fingerprint density at radius 1 is 1.58 bits per heavy atom. The van der Waals surface area contributed by atoms with E-state index in [1.54, 1.807) is 0 Å². The summed E-state index contributed by atoms with van der Waals surface area (Å²) in [6.07, 6.45) is 0. The van der Waals surface area contributed by atoms with E-state index in [9.17, 15) is 9.18 Å². The summed E-state index contributed by atoms with van der Waals surface area (Å²) >= 11 is 5.38. The Morgan fingerprint density at radius 3 is 2.58 bits per heavy atom. The molecule has 0 saturated heterocycles. The second-order valence-electron chi connectivity index (χ2n) is 2.35. The number of Topliss-reactive ketones (excluding diaryl/α,β-unsaturated/α-hetero) is 1. The van der Waals surface area contributed by atoms with Crippen LogP contribution in [0.25, 0.3) is 0 Å². The van der Waals surface area contributed by atoms with Gasteiger partial charge in [-0.25, -0.2) is 4.39 Å². The van der Waals surface area contributed by atoms with Gasteiger partial charge in [-0.05, 0) is 19.1 Å². The molecular formula is C8H6ClFO2. The summed E-state index contributed by atoms with van der Waals surface area (Å²) in [5.41, 5.74) is 0.193. The van der Waals surface area contributed by atoms with Gasteiger partial charge >= 0.3 is 0 Å². The van der Waals surface area contributed by atoms with Gasteiger partial charge in [0.2, 0.25) is 0 Å². The van der Waals surface area contributed by atoms with Crippen LogP contribution in [0.3, 0.4) is 0 Å². The van der Waals surface area contributed by atoms with Crippen LogP contribution in [0.4, 0.5) is 4.39 Å². The topological polar surface area (TPSA) is 37.3 Å². The van der Waals surface area contributed by atoms with E-state index in [1.807, 2.05) is 0 Å². The summed E-state index contributed by atoms with van der Waals surface area (Å²) in [5, 5.41) is 8.67. The van der Waals surface area contributed by atoms with Crippen molar-refractivity contribution in [3.05, 3.63) is 28.5 Å².